The highest BCUT2D eigenvalue weighted by Crippen LogP contribution is 2.33. The van der Waals surface area contributed by atoms with Crippen LogP contribution in [0.2, 0.25) is 0 Å². The minimum Gasteiger partial charge on any atom is -0.507 e. The van der Waals surface area contributed by atoms with Crippen molar-refractivity contribution in [2.24, 2.45) is 39.6 Å². The molecule has 0 spiro atoms. The summed E-state index contributed by atoms with van der Waals surface area (Å²) >= 11 is 0. The summed E-state index contributed by atoms with van der Waals surface area (Å²) in [7, 11) is -4.12. The molecular weight excluding hydrogens is 685 g/mol. The molecule has 0 saturated carbocycles. The van der Waals surface area contributed by atoms with Crippen LogP contribution in [0.1, 0.15) is 124 Å². The van der Waals surface area contributed by atoms with Gasteiger partial charge in [0.05, 0.1) is 26.2 Å². The van der Waals surface area contributed by atoms with Gasteiger partial charge in [-0.05, 0) is 45.9 Å². The molecular formula is C40H52N8O4Si. The molecule has 0 aliphatic carbocycles. The number of hydrogen-bond donors (Lipinski definition) is 4. The second kappa shape index (κ2) is 18.5. The molecule has 280 valence electrons. The summed E-state index contributed by atoms with van der Waals surface area (Å²) < 4.78 is 18.2. The zero-order chi connectivity index (χ0) is 38.7. The van der Waals surface area contributed by atoms with Crippen molar-refractivity contribution in [2.75, 3.05) is 0 Å². The molecule has 0 aromatic heterocycles. The Morgan fingerprint density at radius 1 is 0.377 bits per heavy atom. The second-order valence-corrected chi connectivity index (χ2v) is 16.2. The summed E-state index contributed by atoms with van der Waals surface area (Å²) in [5, 5.41) is 61.6. The molecule has 0 atom stereocenters. The van der Waals surface area contributed by atoms with Gasteiger partial charge < -0.3 is 20.4 Å². The SMILES string of the molecule is CC(C)c1cccc(C/N=N/[Si](/N=N/Cc2cccc(C(C)C)c2O)(/N=N/Cc2cccc(C(C)C)c2O)/N=N/Cc2cccc(C(C)C)c2O)c1O. The molecule has 0 amide bonds. The van der Waals surface area contributed by atoms with E-state index in [1.54, 1.807) is 24.3 Å². The highest BCUT2D eigenvalue weighted by atomic mass is 28.4. The van der Waals surface area contributed by atoms with Gasteiger partial charge in [0, 0.05) is 22.3 Å². The average molecular weight is 737 g/mol. The van der Waals surface area contributed by atoms with Crippen molar-refractivity contribution >= 4 is 8.72 Å². The standard InChI is InChI=1S/C40H52N8O4Si/c1-25(2)33-17-9-13-29(37(33)49)21-41-45-53(46-42-22-30-14-10-18-34(26(3)4)38(30)50,47-43-23-31-15-11-19-35(27(5)6)39(31)51)48-44-24-32-16-12-20-36(28(7)8)40(32)52/h9-20,25-28,49-52H,21-24H2,1-8H3/b45-41+,46-42+,47-43+,48-44+. The maximum atomic E-state index is 11.0. The Morgan fingerprint density at radius 3 is 0.774 bits per heavy atom. The van der Waals surface area contributed by atoms with Crippen LogP contribution in [-0.2, 0) is 26.2 Å². The van der Waals surface area contributed by atoms with Gasteiger partial charge in [-0.2, -0.15) is 39.6 Å². The van der Waals surface area contributed by atoms with Gasteiger partial charge in [-0.3, -0.25) is 0 Å². The van der Waals surface area contributed by atoms with Gasteiger partial charge in [-0.25, -0.2) is 0 Å². The quantitative estimate of drug-likeness (QED) is 0.0660. The van der Waals surface area contributed by atoms with Crippen molar-refractivity contribution in [1.82, 2.24) is 0 Å². The van der Waals surface area contributed by atoms with Gasteiger partial charge in [0.1, 0.15) is 23.0 Å². The summed E-state index contributed by atoms with van der Waals surface area (Å²) in [4.78, 5) is 0. The van der Waals surface area contributed by atoms with Crippen LogP contribution in [0.3, 0.4) is 0 Å². The minimum atomic E-state index is -4.12. The van der Waals surface area contributed by atoms with Crippen LogP contribution < -0.4 is 0 Å². The Kier molecular flexibility index (Phi) is 14.1. The zero-order valence-corrected chi connectivity index (χ0v) is 32.9. The van der Waals surface area contributed by atoms with E-state index >= 15 is 0 Å². The van der Waals surface area contributed by atoms with E-state index in [4.69, 9.17) is 0 Å². The number of aromatic hydroxyl groups is 4. The van der Waals surface area contributed by atoms with Gasteiger partial charge >= 0.3 is 8.72 Å². The Balaban J connectivity index is 1.80. The van der Waals surface area contributed by atoms with Crippen LogP contribution in [-0.4, -0.2) is 29.1 Å². The van der Waals surface area contributed by atoms with Crippen molar-refractivity contribution in [3.63, 3.8) is 0 Å². The molecule has 0 fully saturated rings. The van der Waals surface area contributed by atoms with Crippen molar-refractivity contribution < 1.29 is 20.4 Å². The summed E-state index contributed by atoms with van der Waals surface area (Å²) in [6, 6.07) is 22.0. The third-order valence-electron chi connectivity index (χ3n) is 8.87. The molecule has 4 aromatic rings. The lowest BCUT2D eigenvalue weighted by atomic mass is 9.99. The first kappa shape index (κ1) is 40.5. The number of para-hydroxylation sites is 4. The lowest BCUT2D eigenvalue weighted by Gasteiger charge is -2.13. The van der Waals surface area contributed by atoms with Gasteiger partial charge in [-0.1, -0.05) is 128 Å². The maximum Gasteiger partial charge on any atom is 0.650 e. The maximum absolute atomic E-state index is 11.0. The number of benzene rings is 4. The first-order valence-electron chi connectivity index (χ1n) is 18.0. The number of nitrogens with zero attached hydrogens (tertiary/aromatic N) is 8. The molecule has 13 heteroatoms. The van der Waals surface area contributed by atoms with Gasteiger partial charge in [-0.15, -0.1) is 0 Å². The van der Waals surface area contributed by atoms with E-state index in [-0.39, 0.29) is 72.8 Å². The van der Waals surface area contributed by atoms with Crippen molar-refractivity contribution in [3.05, 3.63) is 117 Å². The van der Waals surface area contributed by atoms with E-state index < -0.39 is 8.72 Å². The largest absolute Gasteiger partial charge is 0.650 e. The number of phenols is 4. The van der Waals surface area contributed by atoms with E-state index in [0.717, 1.165) is 22.3 Å². The summed E-state index contributed by atoms with van der Waals surface area (Å²) in [5.74, 6) is 0.940. The molecule has 4 aromatic carbocycles. The Labute approximate surface area is 313 Å². The monoisotopic (exact) mass is 736 g/mol. The lowest BCUT2D eigenvalue weighted by molar-refractivity contribution is 0.457. The van der Waals surface area contributed by atoms with Crippen molar-refractivity contribution in [2.45, 2.75) is 105 Å². The fourth-order valence-corrected chi connectivity index (χ4v) is 7.05. The van der Waals surface area contributed by atoms with E-state index in [1.165, 1.54) is 0 Å². The number of rotatable bonds is 16. The highest BCUT2D eigenvalue weighted by Gasteiger charge is 2.40. The molecule has 0 unspecified atom stereocenters. The van der Waals surface area contributed by atoms with E-state index in [9.17, 15) is 20.4 Å². The first-order valence-corrected chi connectivity index (χ1v) is 19.8. The predicted molar refractivity (Wildman–Crippen MR) is 209 cm³/mol. The normalized spacial score (nSPS) is 12.8. The highest BCUT2D eigenvalue weighted by molar-refractivity contribution is 6.72. The van der Waals surface area contributed by atoms with E-state index in [1.807, 2.05) is 104 Å². The van der Waals surface area contributed by atoms with Gasteiger partial charge in [0.25, 0.3) is 0 Å². The zero-order valence-electron chi connectivity index (χ0n) is 31.9. The third kappa shape index (κ3) is 10.4. The topological polar surface area (TPSA) is 180 Å². The number of hydrogen-bond acceptors (Lipinski definition) is 12. The fraction of sp³-hybridized carbons (Fsp3) is 0.400. The summed E-state index contributed by atoms with van der Waals surface area (Å²) in [6.07, 6.45) is 0. The van der Waals surface area contributed by atoms with Crippen LogP contribution >= 0.6 is 0 Å². The second-order valence-electron chi connectivity index (χ2n) is 14.2. The van der Waals surface area contributed by atoms with Crippen LogP contribution in [0.25, 0.3) is 0 Å². The smallest absolute Gasteiger partial charge is 0.507 e. The molecule has 0 aliphatic rings. The van der Waals surface area contributed by atoms with Gasteiger partial charge in [0.15, 0.2) is 0 Å². The Morgan fingerprint density at radius 2 is 0.585 bits per heavy atom. The Hall–Kier alpha value is -5.30. The average Bonchev–Trinajstić information content (AvgIpc) is 3.10. The molecule has 0 radical (unpaired) electrons. The van der Waals surface area contributed by atoms with Crippen molar-refractivity contribution in [1.29, 1.82) is 0 Å². The molecule has 0 aliphatic heterocycles. The van der Waals surface area contributed by atoms with E-state index in [0.29, 0.717) is 22.3 Å². The minimum absolute atomic E-state index is 0.00731. The predicted octanol–water partition coefficient (Wildman–Crippen LogP) is 11.3. The van der Waals surface area contributed by atoms with Crippen LogP contribution in [0.5, 0.6) is 23.0 Å². The molecule has 0 heterocycles. The molecule has 12 nitrogen and oxygen atoms in total. The van der Waals surface area contributed by atoms with Crippen LogP contribution in [0.15, 0.2) is 112 Å². The summed E-state index contributed by atoms with van der Waals surface area (Å²) in [6.45, 7) is 16.0. The van der Waals surface area contributed by atoms with E-state index in [2.05, 4.69) is 39.6 Å². The first-order chi connectivity index (χ1) is 25.2. The van der Waals surface area contributed by atoms with Gasteiger partial charge in [0.2, 0.25) is 0 Å². The molecule has 0 bridgehead atoms. The third-order valence-corrected chi connectivity index (χ3v) is 10.5. The molecule has 4 N–H and O–H groups in total. The van der Waals surface area contributed by atoms with Crippen molar-refractivity contribution in [3.8, 4) is 23.0 Å². The molecule has 0 saturated heterocycles. The van der Waals surface area contributed by atoms with Crippen LogP contribution in [0.4, 0.5) is 0 Å². The van der Waals surface area contributed by atoms with Crippen LogP contribution in [0, 0.1) is 0 Å². The molecule has 4 rings (SSSR count). The lowest BCUT2D eigenvalue weighted by Crippen LogP contribution is -2.24. The number of phenolic OH excluding ortho intramolecular Hbond substituents is 4. The Bertz CT molecular complexity index is 1690. The fourth-order valence-electron chi connectivity index (χ4n) is 5.76. The molecule has 53 heavy (non-hydrogen) atoms. The summed E-state index contributed by atoms with van der Waals surface area (Å²) in [5.41, 5.74) is 5.41.